The van der Waals surface area contributed by atoms with Gasteiger partial charge in [0.05, 0.1) is 10.2 Å². The number of thiazole rings is 1. The summed E-state index contributed by atoms with van der Waals surface area (Å²) in [6, 6.07) is 11.2. The Bertz CT molecular complexity index is 980. The fraction of sp³-hybridized carbons (Fsp3) is 0.222. The van der Waals surface area contributed by atoms with Crippen molar-refractivity contribution in [3.8, 4) is 5.75 Å². The van der Waals surface area contributed by atoms with Crippen molar-refractivity contribution >= 4 is 33.1 Å². The highest BCUT2D eigenvalue weighted by atomic mass is 32.1. The van der Waals surface area contributed by atoms with Gasteiger partial charge >= 0.3 is 4.87 Å². The third-order valence-corrected chi connectivity index (χ3v) is 4.82. The van der Waals surface area contributed by atoms with Gasteiger partial charge in [0.25, 0.3) is 5.91 Å². The second kappa shape index (κ2) is 7.06. The number of amides is 1. The summed E-state index contributed by atoms with van der Waals surface area (Å²) >= 11 is 1.11. The number of nitrogens with one attached hydrogen (secondary N) is 1. The van der Waals surface area contributed by atoms with E-state index in [2.05, 4.69) is 5.32 Å². The van der Waals surface area contributed by atoms with Crippen molar-refractivity contribution in [2.24, 2.45) is 7.05 Å². The molecule has 0 spiro atoms. The van der Waals surface area contributed by atoms with Crippen LogP contribution >= 0.6 is 11.3 Å². The Morgan fingerprint density at radius 3 is 2.80 bits per heavy atom. The number of ether oxygens (including phenoxy) is 1. The topological polar surface area (TPSA) is 60.3 Å². The van der Waals surface area contributed by atoms with Crippen LogP contribution in [0, 0.1) is 5.82 Å². The van der Waals surface area contributed by atoms with Gasteiger partial charge in [0, 0.05) is 12.7 Å². The second-order valence-electron chi connectivity index (χ2n) is 5.54. The fourth-order valence-corrected chi connectivity index (χ4v) is 3.37. The maximum Gasteiger partial charge on any atom is 0.307 e. The van der Waals surface area contributed by atoms with Gasteiger partial charge in [-0.2, -0.15) is 0 Å². The van der Waals surface area contributed by atoms with E-state index in [-0.39, 0.29) is 16.5 Å². The molecule has 25 heavy (non-hydrogen) atoms. The largest absolute Gasteiger partial charge is 0.478 e. The number of hydrogen-bond acceptors (Lipinski definition) is 4. The number of carbonyl (C=O) groups excluding carboxylic acids is 1. The minimum Gasteiger partial charge on any atom is -0.478 e. The van der Waals surface area contributed by atoms with Crippen LogP contribution < -0.4 is 14.9 Å². The van der Waals surface area contributed by atoms with Gasteiger partial charge in [-0.3, -0.25) is 9.59 Å². The van der Waals surface area contributed by atoms with Crippen LogP contribution in [0.3, 0.4) is 0 Å². The van der Waals surface area contributed by atoms with Gasteiger partial charge < -0.3 is 14.6 Å². The van der Waals surface area contributed by atoms with Crippen LogP contribution in [0.5, 0.6) is 5.75 Å². The maximum absolute atomic E-state index is 13.7. The monoisotopic (exact) mass is 360 g/mol. The molecule has 3 aromatic rings. The van der Waals surface area contributed by atoms with Crippen LogP contribution in [0.15, 0.2) is 47.3 Å². The maximum atomic E-state index is 13.7. The van der Waals surface area contributed by atoms with Gasteiger partial charge in [0.1, 0.15) is 0 Å². The zero-order chi connectivity index (χ0) is 18.0. The zero-order valence-electron chi connectivity index (χ0n) is 13.8. The normalized spacial score (nSPS) is 12.1. The molecule has 1 heterocycles. The number of fused-ring (bicyclic) bond motifs is 1. The number of aryl methyl sites for hydroxylation is 1. The van der Waals surface area contributed by atoms with E-state index in [9.17, 15) is 14.0 Å². The molecule has 2 aromatic carbocycles. The number of benzene rings is 2. The molecule has 0 unspecified atom stereocenters. The lowest BCUT2D eigenvalue weighted by atomic mass is 10.2. The molecule has 3 rings (SSSR count). The second-order valence-corrected chi connectivity index (χ2v) is 6.54. The standard InChI is InChI=1S/C18H17FN2O3S/c1-3-14(24-15-7-5-4-6-12(15)19)17(22)20-11-8-9-13-16(10-11)25-18(23)21(13)2/h4-10,14H,3H2,1-2H3,(H,20,22)/t14-/m0/s1. The van der Waals surface area contributed by atoms with Crippen LogP contribution in [0.2, 0.25) is 0 Å². The molecule has 7 heteroatoms. The molecule has 0 aliphatic heterocycles. The summed E-state index contributed by atoms with van der Waals surface area (Å²) in [6.45, 7) is 1.79. The average Bonchev–Trinajstić information content (AvgIpc) is 2.88. The molecule has 0 aliphatic rings. The number of para-hydroxylation sites is 1. The first-order chi connectivity index (χ1) is 12.0. The van der Waals surface area contributed by atoms with Gasteiger partial charge in [-0.05, 0) is 36.8 Å². The molecule has 5 nitrogen and oxygen atoms in total. The van der Waals surface area contributed by atoms with E-state index in [1.165, 1.54) is 12.1 Å². The van der Waals surface area contributed by atoms with Gasteiger partial charge in [-0.15, -0.1) is 0 Å². The van der Waals surface area contributed by atoms with E-state index in [0.717, 1.165) is 21.6 Å². The molecule has 1 atom stereocenters. The Morgan fingerprint density at radius 2 is 2.08 bits per heavy atom. The Labute approximate surface area is 147 Å². The Hall–Kier alpha value is -2.67. The van der Waals surface area contributed by atoms with Gasteiger partial charge in [-0.25, -0.2) is 4.39 Å². The highest BCUT2D eigenvalue weighted by molar-refractivity contribution is 7.16. The Morgan fingerprint density at radius 1 is 1.32 bits per heavy atom. The van der Waals surface area contributed by atoms with Crippen LogP contribution in [0.4, 0.5) is 10.1 Å². The summed E-state index contributed by atoms with van der Waals surface area (Å²) in [6.07, 6.45) is -0.428. The van der Waals surface area contributed by atoms with Gasteiger partial charge in [0.15, 0.2) is 17.7 Å². The quantitative estimate of drug-likeness (QED) is 0.757. The Balaban J connectivity index is 1.78. The summed E-state index contributed by atoms with van der Waals surface area (Å²) in [5.74, 6) is -0.834. The van der Waals surface area contributed by atoms with Crippen LogP contribution in [0.25, 0.3) is 10.2 Å². The number of aromatic nitrogens is 1. The van der Waals surface area contributed by atoms with Gasteiger partial charge in [0.2, 0.25) is 0 Å². The third kappa shape index (κ3) is 3.56. The van der Waals surface area contributed by atoms with Crippen LogP contribution in [-0.2, 0) is 11.8 Å². The van der Waals surface area contributed by atoms with Crippen molar-refractivity contribution in [1.82, 2.24) is 4.57 Å². The van der Waals surface area contributed by atoms with E-state index < -0.39 is 11.9 Å². The van der Waals surface area contributed by atoms with E-state index in [1.54, 1.807) is 48.9 Å². The molecular weight excluding hydrogens is 343 g/mol. The van der Waals surface area contributed by atoms with Crippen LogP contribution in [0.1, 0.15) is 13.3 Å². The molecule has 0 bridgehead atoms. The zero-order valence-corrected chi connectivity index (χ0v) is 14.6. The first-order valence-corrected chi connectivity index (χ1v) is 8.63. The Kier molecular flexibility index (Phi) is 4.85. The van der Waals surface area contributed by atoms with Crippen molar-refractivity contribution < 1.29 is 13.9 Å². The van der Waals surface area contributed by atoms with Crippen molar-refractivity contribution in [2.45, 2.75) is 19.4 Å². The number of nitrogens with zero attached hydrogens (tertiary/aromatic N) is 1. The molecule has 130 valence electrons. The summed E-state index contributed by atoms with van der Waals surface area (Å²) in [4.78, 5) is 24.1. The van der Waals surface area contributed by atoms with E-state index in [1.807, 2.05) is 0 Å². The SMILES string of the molecule is CC[C@H](Oc1ccccc1F)C(=O)Nc1ccc2c(c1)sc(=O)n2C. The van der Waals surface area contributed by atoms with E-state index >= 15 is 0 Å². The molecule has 1 N–H and O–H groups in total. The lowest BCUT2D eigenvalue weighted by molar-refractivity contribution is -0.122. The third-order valence-electron chi connectivity index (χ3n) is 3.83. The molecule has 0 saturated heterocycles. The summed E-state index contributed by atoms with van der Waals surface area (Å²) < 4.78 is 21.5. The number of carbonyl (C=O) groups is 1. The lowest BCUT2D eigenvalue weighted by Gasteiger charge is -2.17. The van der Waals surface area contributed by atoms with E-state index in [0.29, 0.717) is 12.1 Å². The van der Waals surface area contributed by atoms with Gasteiger partial charge in [-0.1, -0.05) is 30.4 Å². The molecule has 1 aromatic heterocycles. The van der Waals surface area contributed by atoms with Crippen molar-refractivity contribution in [3.63, 3.8) is 0 Å². The van der Waals surface area contributed by atoms with E-state index in [4.69, 9.17) is 4.74 Å². The highest BCUT2D eigenvalue weighted by Gasteiger charge is 2.20. The van der Waals surface area contributed by atoms with Crippen molar-refractivity contribution in [1.29, 1.82) is 0 Å². The van der Waals surface area contributed by atoms with Crippen LogP contribution in [-0.4, -0.2) is 16.6 Å². The molecular formula is C18H17FN2O3S. The molecule has 0 fully saturated rings. The number of hydrogen-bond donors (Lipinski definition) is 1. The molecule has 0 saturated carbocycles. The minimum absolute atomic E-state index is 0.0428. The highest BCUT2D eigenvalue weighted by Crippen LogP contribution is 2.22. The molecule has 0 radical (unpaired) electrons. The first-order valence-electron chi connectivity index (χ1n) is 7.81. The molecule has 0 aliphatic carbocycles. The van der Waals surface area contributed by atoms with Crippen molar-refractivity contribution in [3.05, 3.63) is 57.9 Å². The number of anilines is 1. The predicted octanol–water partition coefficient (Wildman–Crippen LogP) is 3.54. The summed E-state index contributed by atoms with van der Waals surface area (Å²) in [7, 11) is 1.70. The lowest BCUT2D eigenvalue weighted by Crippen LogP contribution is -2.32. The first kappa shape index (κ1) is 17.2. The fourth-order valence-electron chi connectivity index (χ4n) is 2.45. The summed E-state index contributed by atoms with van der Waals surface area (Å²) in [5, 5.41) is 2.76. The smallest absolute Gasteiger partial charge is 0.307 e. The number of halogens is 1. The minimum atomic E-state index is -0.817. The number of rotatable bonds is 5. The predicted molar refractivity (Wildman–Crippen MR) is 96.8 cm³/mol. The average molecular weight is 360 g/mol. The molecule has 1 amide bonds. The van der Waals surface area contributed by atoms with Crippen molar-refractivity contribution in [2.75, 3.05) is 5.32 Å². The summed E-state index contributed by atoms with van der Waals surface area (Å²) in [5.41, 5.74) is 1.37.